The van der Waals surface area contributed by atoms with Crippen LogP contribution >= 0.6 is 23.2 Å². The van der Waals surface area contributed by atoms with E-state index in [1.807, 2.05) is 0 Å². The number of ether oxygens (including phenoxy) is 1. The highest BCUT2D eigenvalue weighted by molar-refractivity contribution is 6.33. The maximum Gasteiger partial charge on any atom is 0.259 e. The molecule has 7 nitrogen and oxygen atoms in total. The summed E-state index contributed by atoms with van der Waals surface area (Å²) in [4.78, 5) is 12.5. The van der Waals surface area contributed by atoms with Crippen LogP contribution in [0, 0.1) is 0 Å². The zero-order valence-electron chi connectivity index (χ0n) is 12.4. The molecule has 1 heterocycles. The molecule has 1 N–H and O–H groups in total. The summed E-state index contributed by atoms with van der Waals surface area (Å²) >= 11 is 12.1. The number of anilines is 1. The van der Waals surface area contributed by atoms with Crippen LogP contribution in [0.15, 0.2) is 42.7 Å². The van der Waals surface area contributed by atoms with E-state index in [1.165, 1.54) is 24.2 Å². The van der Waals surface area contributed by atoms with Gasteiger partial charge in [-0.3, -0.25) is 4.79 Å². The summed E-state index contributed by atoms with van der Waals surface area (Å²) < 4.78 is 6.68. The van der Waals surface area contributed by atoms with Crippen LogP contribution in [0.5, 0.6) is 5.75 Å². The van der Waals surface area contributed by atoms with Crippen molar-refractivity contribution in [2.75, 3.05) is 12.4 Å². The van der Waals surface area contributed by atoms with Crippen LogP contribution < -0.4 is 10.1 Å². The van der Waals surface area contributed by atoms with Gasteiger partial charge in [0.15, 0.2) is 0 Å². The maximum absolute atomic E-state index is 12.5. The standard InChI is InChI=1S/C15H11Cl2N5O2/c1-24-14-7-13(22-8-18-20-21-22)12(17)6-11(14)15(23)19-10-4-2-9(16)3-5-10/h2-8H,1H3,(H,19,23). The molecule has 0 radical (unpaired) electrons. The van der Waals surface area contributed by atoms with Gasteiger partial charge in [-0.1, -0.05) is 23.2 Å². The van der Waals surface area contributed by atoms with E-state index in [-0.39, 0.29) is 11.5 Å². The highest BCUT2D eigenvalue weighted by atomic mass is 35.5. The molecule has 0 aliphatic heterocycles. The first-order valence-corrected chi connectivity index (χ1v) is 7.52. The Bertz CT molecular complexity index is 866. The number of rotatable bonds is 4. The molecule has 0 aliphatic carbocycles. The molecule has 3 rings (SSSR count). The number of benzene rings is 2. The monoisotopic (exact) mass is 363 g/mol. The quantitative estimate of drug-likeness (QED) is 0.769. The zero-order chi connectivity index (χ0) is 17.1. The molecule has 0 bridgehead atoms. The summed E-state index contributed by atoms with van der Waals surface area (Å²) in [6, 6.07) is 9.86. The zero-order valence-corrected chi connectivity index (χ0v) is 13.9. The molecule has 2 aromatic carbocycles. The summed E-state index contributed by atoms with van der Waals surface area (Å²) in [6.07, 6.45) is 1.40. The van der Waals surface area contributed by atoms with Gasteiger partial charge in [0.25, 0.3) is 5.91 Å². The van der Waals surface area contributed by atoms with Gasteiger partial charge in [-0.25, -0.2) is 0 Å². The maximum atomic E-state index is 12.5. The molecule has 0 aliphatic rings. The van der Waals surface area contributed by atoms with E-state index in [0.29, 0.717) is 27.2 Å². The average molecular weight is 364 g/mol. The lowest BCUT2D eigenvalue weighted by molar-refractivity contribution is 0.102. The van der Waals surface area contributed by atoms with Gasteiger partial charge in [0.1, 0.15) is 12.1 Å². The second kappa shape index (κ2) is 6.86. The van der Waals surface area contributed by atoms with Crippen LogP contribution in [-0.4, -0.2) is 33.2 Å². The van der Waals surface area contributed by atoms with E-state index < -0.39 is 0 Å². The predicted molar refractivity (Wildman–Crippen MR) is 90.1 cm³/mol. The Morgan fingerprint density at radius 3 is 2.58 bits per heavy atom. The van der Waals surface area contributed by atoms with Gasteiger partial charge in [0.2, 0.25) is 0 Å². The molecular formula is C15H11Cl2N5O2. The van der Waals surface area contributed by atoms with Gasteiger partial charge < -0.3 is 10.1 Å². The molecule has 24 heavy (non-hydrogen) atoms. The smallest absolute Gasteiger partial charge is 0.259 e. The number of hydrogen-bond donors (Lipinski definition) is 1. The first kappa shape index (κ1) is 16.2. The largest absolute Gasteiger partial charge is 0.496 e. The third kappa shape index (κ3) is 3.32. The van der Waals surface area contributed by atoms with Gasteiger partial charge in [0.05, 0.1) is 23.4 Å². The van der Waals surface area contributed by atoms with E-state index in [0.717, 1.165) is 0 Å². The van der Waals surface area contributed by atoms with Crippen LogP contribution in [0.2, 0.25) is 10.0 Å². The lowest BCUT2D eigenvalue weighted by Gasteiger charge is -2.12. The van der Waals surface area contributed by atoms with E-state index in [4.69, 9.17) is 27.9 Å². The fraction of sp³-hybridized carbons (Fsp3) is 0.0667. The molecule has 9 heteroatoms. The van der Waals surface area contributed by atoms with Crippen molar-refractivity contribution < 1.29 is 9.53 Å². The normalized spacial score (nSPS) is 10.5. The number of carbonyl (C=O) groups is 1. The van der Waals surface area contributed by atoms with Crippen molar-refractivity contribution in [1.29, 1.82) is 0 Å². The number of hydrogen-bond acceptors (Lipinski definition) is 5. The number of amides is 1. The van der Waals surface area contributed by atoms with E-state index in [2.05, 4.69) is 20.8 Å². The van der Waals surface area contributed by atoms with Crippen LogP contribution in [0.25, 0.3) is 5.69 Å². The summed E-state index contributed by atoms with van der Waals surface area (Å²) in [6.45, 7) is 0. The lowest BCUT2D eigenvalue weighted by Crippen LogP contribution is -2.14. The van der Waals surface area contributed by atoms with Crippen LogP contribution in [0.4, 0.5) is 5.69 Å². The van der Waals surface area contributed by atoms with Crippen LogP contribution in [0.3, 0.4) is 0 Å². The number of methoxy groups -OCH3 is 1. The van der Waals surface area contributed by atoms with Crippen molar-refractivity contribution in [3.8, 4) is 11.4 Å². The first-order chi connectivity index (χ1) is 11.6. The fourth-order valence-electron chi connectivity index (χ4n) is 2.07. The third-order valence-electron chi connectivity index (χ3n) is 3.21. The van der Waals surface area contributed by atoms with E-state index >= 15 is 0 Å². The number of aromatic nitrogens is 4. The summed E-state index contributed by atoms with van der Waals surface area (Å²) in [5.74, 6) is -0.0179. The number of nitrogens with zero attached hydrogens (tertiary/aromatic N) is 4. The molecule has 0 saturated carbocycles. The summed E-state index contributed by atoms with van der Waals surface area (Å²) in [5, 5.41) is 14.5. The molecule has 122 valence electrons. The molecule has 1 aromatic heterocycles. The molecule has 0 spiro atoms. The molecule has 0 atom stereocenters. The second-order valence-electron chi connectivity index (χ2n) is 4.72. The highest BCUT2D eigenvalue weighted by Crippen LogP contribution is 2.30. The molecular weight excluding hydrogens is 353 g/mol. The molecule has 0 unspecified atom stereocenters. The van der Waals surface area contributed by atoms with Crippen molar-refractivity contribution in [2.45, 2.75) is 0 Å². The minimum Gasteiger partial charge on any atom is -0.496 e. The Hall–Kier alpha value is -2.64. The Labute approximate surface area is 147 Å². The van der Waals surface area contributed by atoms with Gasteiger partial charge in [0, 0.05) is 16.8 Å². The SMILES string of the molecule is COc1cc(-n2cnnn2)c(Cl)cc1C(=O)Nc1ccc(Cl)cc1. The van der Waals surface area contributed by atoms with Crippen molar-refractivity contribution >= 4 is 34.8 Å². The highest BCUT2D eigenvalue weighted by Gasteiger charge is 2.17. The molecule has 1 amide bonds. The Balaban J connectivity index is 1.93. The number of halogens is 2. The third-order valence-corrected chi connectivity index (χ3v) is 3.77. The average Bonchev–Trinajstić information content (AvgIpc) is 3.11. The van der Waals surface area contributed by atoms with Crippen molar-refractivity contribution in [2.24, 2.45) is 0 Å². The number of carbonyl (C=O) groups excluding carboxylic acids is 1. The van der Waals surface area contributed by atoms with Gasteiger partial charge in [-0.15, -0.1) is 5.10 Å². The second-order valence-corrected chi connectivity index (χ2v) is 5.56. The minimum absolute atomic E-state index is 0.286. The van der Waals surface area contributed by atoms with E-state index in [1.54, 1.807) is 30.3 Å². The van der Waals surface area contributed by atoms with Gasteiger partial charge >= 0.3 is 0 Å². The topological polar surface area (TPSA) is 81.9 Å². The molecule has 3 aromatic rings. The molecule has 0 fully saturated rings. The summed E-state index contributed by atoms with van der Waals surface area (Å²) in [7, 11) is 1.46. The van der Waals surface area contributed by atoms with Crippen LogP contribution in [0.1, 0.15) is 10.4 Å². The van der Waals surface area contributed by atoms with E-state index in [9.17, 15) is 4.79 Å². The van der Waals surface area contributed by atoms with Gasteiger partial charge in [-0.2, -0.15) is 4.68 Å². The minimum atomic E-state index is -0.362. The number of tetrazole rings is 1. The Kier molecular flexibility index (Phi) is 4.64. The van der Waals surface area contributed by atoms with Gasteiger partial charge in [-0.05, 0) is 40.8 Å². The fourth-order valence-corrected chi connectivity index (χ4v) is 2.44. The predicted octanol–water partition coefficient (Wildman–Crippen LogP) is 3.23. The molecule has 0 saturated heterocycles. The van der Waals surface area contributed by atoms with Crippen molar-refractivity contribution in [1.82, 2.24) is 20.2 Å². The summed E-state index contributed by atoms with van der Waals surface area (Å²) in [5.41, 5.74) is 1.39. The Morgan fingerprint density at radius 2 is 1.96 bits per heavy atom. The lowest BCUT2D eigenvalue weighted by atomic mass is 10.1. The van der Waals surface area contributed by atoms with Crippen molar-refractivity contribution in [3.05, 3.63) is 58.3 Å². The number of nitrogens with one attached hydrogen (secondary N) is 1. The van der Waals surface area contributed by atoms with Crippen LogP contribution in [-0.2, 0) is 0 Å². The Morgan fingerprint density at radius 1 is 1.21 bits per heavy atom. The van der Waals surface area contributed by atoms with Crippen molar-refractivity contribution in [3.63, 3.8) is 0 Å². The first-order valence-electron chi connectivity index (χ1n) is 6.76.